The van der Waals surface area contributed by atoms with Gasteiger partial charge in [0.1, 0.15) is 12.2 Å². The highest BCUT2D eigenvalue weighted by Crippen LogP contribution is 2.63. The summed E-state index contributed by atoms with van der Waals surface area (Å²) in [5.74, 6) is 3.65. The summed E-state index contributed by atoms with van der Waals surface area (Å²) in [6, 6.07) is 0. The van der Waals surface area contributed by atoms with Crippen LogP contribution in [-0.2, 0) is 19.1 Å². The minimum atomic E-state index is -0.359. The maximum atomic E-state index is 12.7. The summed E-state index contributed by atoms with van der Waals surface area (Å²) in [4.78, 5) is 25.5. The number of carbonyl (C=O) groups excluding carboxylic acids is 2. The van der Waals surface area contributed by atoms with Crippen molar-refractivity contribution in [2.45, 2.75) is 103 Å². The minimum Gasteiger partial charge on any atom is -0.458 e. The first-order valence-corrected chi connectivity index (χ1v) is 13.5. The first kappa shape index (κ1) is 21.2. The first-order chi connectivity index (χ1) is 15.4. The average Bonchev–Trinajstić information content (AvgIpc) is 2.76. The number of rotatable bonds is 6. The fourth-order valence-electron chi connectivity index (χ4n) is 10.2. The normalized spacial score (nSPS) is 50.2. The molecule has 32 heavy (non-hydrogen) atoms. The average molecular weight is 441 g/mol. The number of hydrogen-bond donors (Lipinski definition) is 0. The number of hydrogen-bond acceptors (Lipinski definition) is 4. The molecule has 6 unspecified atom stereocenters. The van der Waals surface area contributed by atoms with Gasteiger partial charge in [0.05, 0.1) is 0 Å². The molecule has 0 aromatic heterocycles. The van der Waals surface area contributed by atoms with Gasteiger partial charge in [-0.1, -0.05) is 13.8 Å². The van der Waals surface area contributed by atoms with Gasteiger partial charge in [-0.05, 0) is 113 Å². The zero-order valence-electron chi connectivity index (χ0n) is 19.9. The summed E-state index contributed by atoms with van der Waals surface area (Å²) in [6.45, 7) is 4.52. The summed E-state index contributed by atoms with van der Waals surface area (Å²) in [5, 5.41) is 0. The van der Waals surface area contributed by atoms with E-state index in [1.807, 2.05) is 0 Å². The molecule has 0 N–H and O–H groups in total. The maximum Gasteiger partial charge on any atom is 0.331 e. The van der Waals surface area contributed by atoms with Crippen molar-refractivity contribution in [1.29, 1.82) is 0 Å². The van der Waals surface area contributed by atoms with Gasteiger partial charge in [-0.25, -0.2) is 9.59 Å². The molecule has 8 fully saturated rings. The Morgan fingerprint density at radius 2 is 1.00 bits per heavy atom. The third-order valence-electron chi connectivity index (χ3n) is 11.0. The zero-order chi connectivity index (χ0) is 22.1. The van der Waals surface area contributed by atoms with E-state index in [4.69, 9.17) is 9.47 Å². The Hall–Kier alpha value is -1.32. The summed E-state index contributed by atoms with van der Waals surface area (Å²) in [5.41, 5.74) is 0.347. The van der Waals surface area contributed by atoms with Crippen LogP contribution < -0.4 is 0 Å². The highest BCUT2D eigenvalue weighted by Gasteiger charge is 2.59. The Kier molecular flexibility index (Phi) is 5.04. The van der Waals surface area contributed by atoms with Gasteiger partial charge in [0, 0.05) is 23.0 Å². The Bertz CT molecular complexity index is 720. The highest BCUT2D eigenvalue weighted by atomic mass is 16.6. The Morgan fingerprint density at radius 1 is 0.656 bits per heavy atom. The van der Waals surface area contributed by atoms with Gasteiger partial charge in [0.15, 0.2) is 0 Å². The molecule has 0 spiro atoms. The number of esters is 2. The lowest BCUT2D eigenvalue weighted by Crippen LogP contribution is -2.57. The standard InChI is InChI=1S/C28H40O4/c1-3-27-13-17-7-18(14-27)10-21(9-17)25(27)31-23(29)5-6-24(30)32-26-22-11-19-8-20(12-22)16-28(26,4-2)15-19/h5-6,17-22,25-26H,3-4,7-16H2,1-2H3/b6-5-. The van der Waals surface area contributed by atoms with Gasteiger partial charge < -0.3 is 9.47 Å². The topological polar surface area (TPSA) is 52.6 Å². The molecule has 4 nitrogen and oxygen atoms in total. The molecule has 0 aromatic rings. The van der Waals surface area contributed by atoms with E-state index >= 15 is 0 Å². The Balaban J connectivity index is 1.09. The summed E-state index contributed by atoms with van der Waals surface area (Å²) in [6.07, 6.45) is 17.4. The zero-order valence-corrected chi connectivity index (χ0v) is 19.9. The lowest BCUT2D eigenvalue weighted by Gasteiger charge is -2.60. The summed E-state index contributed by atoms with van der Waals surface area (Å²) in [7, 11) is 0. The van der Waals surface area contributed by atoms with Crippen LogP contribution in [0.2, 0.25) is 0 Å². The van der Waals surface area contributed by atoms with Crippen LogP contribution in [0.1, 0.15) is 90.9 Å². The van der Waals surface area contributed by atoms with Crippen molar-refractivity contribution >= 4 is 11.9 Å². The summed E-state index contributed by atoms with van der Waals surface area (Å²) < 4.78 is 12.1. The lowest BCUT2D eigenvalue weighted by molar-refractivity contribution is -0.192. The van der Waals surface area contributed by atoms with Gasteiger partial charge in [-0.3, -0.25) is 0 Å². The van der Waals surface area contributed by atoms with Crippen LogP contribution in [0.3, 0.4) is 0 Å². The first-order valence-electron chi connectivity index (χ1n) is 13.5. The molecule has 8 aliphatic rings. The van der Waals surface area contributed by atoms with Crippen molar-refractivity contribution in [3.63, 3.8) is 0 Å². The van der Waals surface area contributed by atoms with Crippen molar-refractivity contribution in [3.05, 3.63) is 12.2 Å². The molecule has 0 aliphatic heterocycles. The molecule has 176 valence electrons. The maximum absolute atomic E-state index is 12.7. The van der Waals surface area contributed by atoms with E-state index in [2.05, 4.69) is 13.8 Å². The molecule has 8 bridgehead atoms. The Labute approximate surface area is 192 Å². The van der Waals surface area contributed by atoms with Crippen LogP contribution in [0.15, 0.2) is 12.2 Å². The van der Waals surface area contributed by atoms with E-state index in [9.17, 15) is 9.59 Å². The molecule has 0 saturated heterocycles. The number of carbonyl (C=O) groups is 2. The third-order valence-corrected chi connectivity index (χ3v) is 11.0. The molecule has 4 heteroatoms. The second kappa shape index (κ2) is 7.60. The largest absolute Gasteiger partial charge is 0.458 e. The molecule has 8 rings (SSSR count). The van der Waals surface area contributed by atoms with Gasteiger partial charge in [-0.15, -0.1) is 0 Å². The quantitative estimate of drug-likeness (QED) is 0.385. The van der Waals surface area contributed by atoms with Crippen LogP contribution in [0.4, 0.5) is 0 Å². The van der Waals surface area contributed by atoms with Gasteiger partial charge in [0.25, 0.3) is 0 Å². The second-order valence-corrected chi connectivity index (χ2v) is 12.7. The van der Waals surface area contributed by atoms with Crippen LogP contribution >= 0.6 is 0 Å². The van der Waals surface area contributed by atoms with Crippen LogP contribution in [-0.4, -0.2) is 24.1 Å². The monoisotopic (exact) mass is 440 g/mol. The van der Waals surface area contributed by atoms with E-state index in [-0.39, 0.29) is 35.0 Å². The van der Waals surface area contributed by atoms with Crippen LogP contribution in [0.25, 0.3) is 0 Å². The number of ether oxygens (including phenoxy) is 2. The lowest BCUT2D eigenvalue weighted by atomic mass is 9.47. The molecule has 6 atom stereocenters. The van der Waals surface area contributed by atoms with E-state index in [0.717, 1.165) is 36.5 Å². The Morgan fingerprint density at radius 3 is 1.31 bits per heavy atom. The van der Waals surface area contributed by atoms with Gasteiger partial charge in [0.2, 0.25) is 0 Å². The molecular formula is C28H40O4. The fraction of sp³-hybridized carbons (Fsp3) is 0.857. The van der Waals surface area contributed by atoms with E-state index < -0.39 is 0 Å². The minimum absolute atomic E-state index is 0.0289. The molecule has 0 amide bonds. The third kappa shape index (κ3) is 3.29. The van der Waals surface area contributed by atoms with E-state index in [1.165, 1.54) is 76.4 Å². The van der Waals surface area contributed by atoms with E-state index in [0.29, 0.717) is 11.8 Å². The molecule has 0 aromatic carbocycles. The second-order valence-electron chi connectivity index (χ2n) is 12.7. The van der Waals surface area contributed by atoms with Crippen LogP contribution in [0, 0.1) is 46.3 Å². The van der Waals surface area contributed by atoms with Crippen molar-refractivity contribution in [2.75, 3.05) is 0 Å². The molecule has 8 saturated carbocycles. The van der Waals surface area contributed by atoms with Gasteiger partial charge in [-0.2, -0.15) is 0 Å². The molecule has 0 heterocycles. The molecule has 0 radical (unpaired) electrons. The fourth-order valence-corrected chi connectivity index (χ4v) is 10.2. The van der Waals surface area contributed by atoms with Crippen molar-refractivity contribution in [3.8, 4) is 0 Å². The van der Waals surface area contributed by atoms with Gasteiger partial charge >= 0.3 is 11.9 Å². The van der Waals surface area contributed by atoms with E-state index in [1.54, 1.807) is 0 Å². The summed E-state index contributed by atoms with van der Waals surface area (Å²) >= 11 is 0. The molecular weight excluding hydrogens is 400 g/mol. The van der Waals surface area contributed by atoms with Crippen molar-refractivity contribution < 1.29 is 19.1 Å². The SMILES string of the molecule is CCC12CC3CC(CC(C3)C1OC(=O)/C=C\C(=O)OC1C3CC4CC(C3)CC1(CC)C4)C2. The van der Waals surface area contributed by atoms with Crippen molar-refractivity contribution in [2.24, 2.45) is 46.3 Å². The molecule has 8 aliphatic carbocycles. The predicted octanol–water partition coefficient (Wildman–Crippen LogP) is 5.84. The smallest absolute Gasteiger partial charge is 0.331 e. The predicted molar refractivity (Wildman–Crippen MR) is 121 cm³/mol. The van der Waals surface area contributed by atoms with Crippen molar-refractivity contribution in [1.82, 2.24) is 0 Å². The highest BCUT2D eigenvalue weighted by molar-refractivity contribution is 5.91. The van der Waals surface area contributed by atoms with Crippen LogP contribution in [0.5, 0.6) is 0 Å².